The van der Waals surface area contributed by atoms with E-state index in [-0.39, 0.29) is 6.04 Å². The van der Waals surface area contributed by atoms with Gasteiger partial charge in [-0.15, -0.1) is 0 Å². The minimum atomic E-state index is -0.430. The Bertz CT molecular complexity index is 1070. The molecule has 0 saturated heterocycles. The van der Waals surface area contributed by atoms with Gasteiger partial charge in [-0.25, -0.2) is 14.5 Å². The maximum absolute atomic E-state index is 12.0. The Morgan fingerprint density at radius 2 is 2.03 bits per heavy atom. The fraction of sp³-hybridized carbons (Fsp3) is 0.591. The van der Waals surface area contributed by atoms with Crippen LogP contribution in [0.15, 0.2) is 18.6 Å². The summed E-state index contributed by atoms with van der Waals surface area (Å²) < 4.78 is 14.2. The molecule has 9 nitrogen and oxygen atoms in total. The zero-order valence-corrected chi connectivity index (χ0v) is 18.8. The van der Waals surface area contributed by atoms with Gasteiger partial charge in [-0.1, -0.05) is 20.8 Å². The Kier molecular flexibility index (Phi) is 5.93. The summed E-state index contributed by atoms with van der Waals surface area (Å²) in [4.78, 5) is 21.2. The molecule has 0 aromatic carbocycles. The van der Waals surface area contributed by atoms with Crippen LogP contribution in [0.4, 0.5) is 0 Å². The van der Waals surface area contributed by atoms with E-state index >= 15 is 0 Å². The number of hydrogen-bond donors (Lipinski definition) is 0. The fourth-order valence-electron chi connectivity index (χ4n) is 4.44. The molecule has 0 bridgehead atoms. The van der Waals surface area contributed by atoms with Crippen molar-refractivity contribution in [3.63, 3.8) is 0 Å². The first-order valence-corrected chi connectivity index (χ1v) is 10.9. The molecule has 1 aliphatic carbocycles. The number of ether oxygens (including phenoxy) is 2. The first kappa shape index (κ1) is 21.3. The summed E-state index contributed by atoms with van der Waals surface area (Å²) >= 11 is 0. The van der Waals surface area contributed by atoms with Gasteiger partial charge in [0.05, 0.1) is 37.7 Å². The summed E-state index contributed by atoms with van der Waals surface area (Å²) in [5.74, 6) is 2.18. The molecule has 1 saturated carbocycles. The minimum Gasteiger partial charge on any atom is -0.479 e. The molecular weight excluding hydrogens is 396 g/mol. The lowest BCUT2D eigenvalue weighted by molar-refractivity contribution is 0.0526. The van der Waals surface area contributed by atoms with Crippen LogP contribution in [-0.2, 0) is 4.74 Å². The lowest BCUT2D eigenvalue weighted by atomic mass is 9.74. The van der Waals surface area contributed by atoms with Gasteiger partial charge in [0, 0.05) is 6.20 Å². The molecule has 3 aromatic rings. The highest BCUT2D eigenvalue weighted by molar-refractivity contribution is 5.88. The highest BCUT2D eigenvalue weighted by Crippen LogP contribution is 2.41. The van der Waals surface area contributed by atoms with Crippen molar-refractivity contribution in [1.29, 1.82) is 0 Å². The van der Waals surface area contributed by atoms with Crippen LogP contribution in [0.5, 0.6) is 5.88 Å². The van der Waals surface area contributed by atoms with Gasteiger partial charge >= 0.3 is 5.97 Å². The van der Waals surface area contributed by atoms with E-state index < -0.39 is 5.97 Å². The van der Waals surface area contributed by atoms with E-state index in [0.29, 0.717) is 47.3 Å². The zero-order chi connectivity index (χ0) is 22.1. The first-order chi connectivity index (χ1) is 14.9. The minimum absolute atomic E-state index is 0.280. The van der Waals surface area contributed by atoms with Crippen molar-refractivity contribution < 1.29 is 14.3 Å². The third-order valence-electron chi connectivity index (χ3n) is 6.34. The third-order valence-corrected chi connectivity index (χ3v) is 6.34. The molecule has 0 radical (unpaired) electrons. The Morgan fingerprint density at radius 1 is 1.23 bits per heavy atom. The molecule has 0 amide bonds. The molecule has 3 aromatic heterocycles. The summed E-state index contributed by atoms with van der Waals surface area (Å²) in [5, 5.41) is 8.91. The number of hydrogen-bond acceptors (Lipinski definition) is 7. The van der Waals surface area contributed by atoms with Gasteiger partial charge in [-0.05, 0) is 43.9 Å². The highest BCUT2D eigenvalue weighted by Gasteiger charge is 2.33. The molecule has 0 unspecified atom stereocenters. The van der Waals surface area contributed by atoms with Gasteiger partial charge in [0.1, 0.15) is 11.0 Å². The predicted octanol–water partition coefficient (Wildman–Crippen LogP) is 3.83. The van der Waals surface area contributed by atoms with Crippen molar-refractivity contribution in [1.82, 2.24) is 29.5 Å². The smallest absolute Gasteiger partial charge is 0.341 e. The zero-order valence-electron chi connectivity index (χ0n) is 18.8. The number of methoxy groups -OCH3 is 1. The van der Waals surface area contributed by atoms with E-state index in [2.05, 4.69) is 35.8 Å². The van der Waals surface area contributed by atoms with Crippen molar-refractivity contribution in [2.24, 2.45) is 17.8 Å². The molecule has 3 atom stereocenters. The quantitative estimate of drug-likeness (QED) is 0.553. The van der Waals surface area contributed by atoms with E-state index in [1.165, 1.54) is 23.7 Å². The number of carbonyl (C=O) groups excluding carboxylic acids is 1. The summed E-state index contributed by atoms with van der Waals surface area (Å²) in [6.07, 6.45) is 8.28. The van der Waals surface area contributed by atoms with Gasteiger partial charge < -0.3 is 9.47 Å². The van der Waals surface area contributed by atoms with Crippen molar-refractivity contribution in [2.45, 2.75) is 53.0 Å². The van der Waals surface area contributed by atoms with Crippen LogP contribution in [0.1, 0.15) is 63.4 Å². The Balaban J connectivity index is 1.72. The van der Waals surface area contributed by atoms with Crippen molar-refractivity contribution in [3.8, 4) is 11.8 Å². The van der Waals surface area contributed by atoms with Gasteiger partial charge in [-0.2, -0.15) is 15.2 Å². The maximum atomic E-state index is 12.0. The largest absolute Gasteiger partial charge is 0.479 e. The van der Waals surface area contributed by atoms with Crippen LogP contribution in [0.2, 0.25) is 0 Å². The normalized spacial score (nSPS) is 21.5. The van der Waals surface area contributed by atoms with Crippen molar-refractivity contribution in [3.05, 3.63) is 24.2 Å². The summed E-state index contributed by atoms with van der Waals surface area (Å²) in [6, 6.07) is 0.280. The monoisotopic (exact) mass is 426 g/mol. The molecule has 3 heterocycles. The second-order valence-electron chi connectivity index (χ2n) is 8.61. The number of fused-ring (bicyclic) bond motifs is 1. The van der Waals surface area contributed by atoms with E-state index in [4.69, 9.17) is 14.6 Å². The molecule has 9 heteroatoms. The molecule has 0 aliphatic heterocycles. The Morgan fingerprint density at radius 3 is 2.74 bits per heavy atom. The summed E-state index contributed by atoms with van der Waals surface area (Å²) in [5.41, 5.74) is 1.83. The van der Waals surface area contributed by atoms with E-state index in [1.807, 2.05) is 4.68 Å². The summed E-state index contributed by atoms with van der Waals surface area (Å²) in [6.45, 7) is 8.94. The van der Waals surface area contributed by atoms with Crippen LogP contribution in [-0.4, -0.2) is 49.2 Å². The Labute approximate surface area is 181 Å². The van der Waals surface area contributed by atoms with Crippen LogP contribution >= 0.6 is 0 Å². The lowest BCUT2D eigenvalue weighted by Gasteiger charge is -2.36. The Hall–Kier alpha value is -2.97. The van der Waals surface area contributed by atoms with Gasteiger partial charge in [0.2, 0.25) is 5.88 Å². The molecule has 166 valence electrons. The van der Waals surface area contributed by atoms with Crippen LogP contribution in [0.25, 0.3) is 17.0 Å². The SMILES string of the molecule is CCOC(=O)c1cnn(-c2nc(OC)c3c(cnn3[C@@H]3C[C@@H](C(C)C)CC[C@@H]3C)n2)c1. The van der Waals surface area contributed by atoms with Crippen LogP contribution in [0, 0.1) is 17.8 Å². The van der Waals surface area contributed by atoms with Gasteiger partial charge in [0.25, 0.3) is 5.95 Å². The molecule has 0 N–H and O–H groups in total. The lowest BCUT2D eigenvalue weighted by Crippen LogP contribution is -2.29. The topological polar surface area (TPSA) is 97.0 Å². The van der Waals surface area contributed by atoms with Crippen molar-refractivity contribution in [2.75, 3.05) is 13.7 Å². The average molecular weight is 427 g/mol. The molecular formula is C22H30N6O3. The number of rotatable bonds is 6. The number of nitrogens with zero attached hydrogens (tertiary/aromatic N) is 6. The predicted molar refractivity (Wildman–Crippen MR) is 115 cm³/mol. The standard InChI is InChI=1S/C22H30N6O3/c1-6-31-21(29)16-10-23-27(12-16)22-25-17-11-24-28(19(17)20(26-22)30-5)18-9-15(13(2)3)8-7-14(18)4/h10-15,18H,6-9H2,1-5H3/t14-,15-,18+/m0/s1. The van der Waals surface area contributed by atoms with Gasteiger partial charge in [-0.3, -0.25) is 4.68 Å². The number of aromatic nitrogens is 6. The second-order valence-corrected chi connectivity index (χ2v) is 8.61. The second kappa shape index (κ2) is 8.64. The first-order valence-electron chi connectivity index (χ1n) is 10.9. The molecule has 4 rings (SSSR count). The molecule has 31 heavy (non-hydrogen) atoms. The molecule has 0 spiro atoms. The van der Waals surface area contributed by atoms with Crippen LogP contribution in [0.3, 0.4) is 0 Å². The number of esters is 1. The fourth-order valence-corrected chi connectivity index (χ4v) is 4.44. The third kappa shape index (κ3) is 4.00. The maximum Gasteiger partial charge on any atom is 0.341 e. The molecule has 1 aliphatic rings. The molecule has 1 fully saturated rings. The summed E-state index contributed by atoms with van der Waals surface area (Å²) in [7, 11) is 1.59. The average Bonchev–Trinajstić information content (AvgIpc) is 3.41. The van der Waals surface area contributed by atoms with E-state index in [9.17, 15) is 4.79 Å². The number of carbonyl (C=O) groups is 1. The van der Waals surface area contributed by atoms with Gasteiger partial charge in [0.15, 0.2) is 0 Å². The highest BCUT2D eigenvalue weighted by atomic mass is 16.5. The van der Waals surface area contributed by atoms with E-state index in [0.717, 1.165) is 11.9 Å². The van der Waals surface area contributed by atoms with Crippen molar-refractivity contribution >= 4 is 17.0 Å². The van der Waals surface area contributed by atoms with E-state index in [1.54, 1.807) is 26.4 Å². The van der Waals surface area contributed by atoms with Crippen LogP contribution < -0.4 is 4.74 Å².